The molecule has 126 valence electrons. The third-order valence-corrected chi connectivity index (χ3v) is 4.35. The van der Waals surface area contributed by atoms with E-state index < -0.39 is 5.60 Å². The zero-order valence-corrected chi connectivity index (χ0v) is 14.0. The van der Waals surface area contributed by atoms with Crippen LogP contribution in [0.5, 0.6) is 5.75 Å². The molecule has 1 aliphatic heterocycles. The zero-order valence-electron chi connectivity index (χ0n) is 14.0. The minimum Gasteiger partial charge on any atom is -0.493 e. The monoisotopic (exact) mass is 326 g/mol. The number of hydrogen-bond acceptors (Lipinski definition) is 4. The Morgan fingerprint density at radius 1 is 1.21 bits per heavy atom. The number of para-hydroxylation sites is 1. The topological polar surface area (TPSA) is 61.8 Å². The molecule has 0 saturated carbocycles. The molecule has 1 unspecified atom stereocenters. The molecule has 1 heterocycles. The molecule has 0 radical (unpaired) electrons. The number of nitrogens with zero attached hydrogens (tertiary/aromatic N) is 1. The van der Waals surface area contributed by atoms with Crippen LogP contribution in [0.1, 0.15) is 22.3 Å². The van der Waals surface area contributed by atoms with E-state index in [1.807, 2.05) is 55.4 Å². The summed E-state index contributed by atoms with van der Waals surface area (Å²) in [6.45, 7) is 0.586. The van der Waals surface area contributed by atoms with Gasteiger partial charge in [0.1, 0.15) is 11.4 Å². The SMILES string of the molecule is CN(C)c1ccc(C(=O)NCC2(O)CCOc3ccccc32)cc1. The highest BCUT2D eigenvalue weighted by Crippen LogP contribution is 2.36. The summed E-state index contributed by atoms with van der Waals surface area (Å²) in [6.07, 6.45) is 0.448. The van der Waals surface area contributed by atoms with E-state index in [4.69, 9.17) is 4.74 Å². The zero-order chi connectivity index (χ0) is 17.2. The highest BCUT2D eigenvalue weighted by atomic mass is 16.5. The van der Waals surface area contributed by atoms with E-state index in [-0.39, 0.29) is 12.5 Å². The number of benzene rings is 2. The van der Waals surface area contributed by atoms with Crippen LogP contribution in [0.25, 0.3) is 0 Å². The molecule has 2 aromatic carbocycles. The average molecular weight is 326 g/mol. The molecule has 2 N–H and O–H groups in total. The van der Waals surface area contributed by atoms with Crippen molar-refractivity contribution < 1.29 is 14.6 Å². The second-order valence-corrected chi connectivity index (χ2v) is 6.25. The first-order valence-corrected chi connectivity index (χ1v) is 8.00. The standard InChI is InChI=1S/C19H22N2O3/c1-21(2)15-9-7-14(8-10-15)18(22)20-13-19(23)11-12-24-17-6-4-3-5-16(17)19/h3-10,23H,11-13H2,1-2H3,(H,20,22). The van der Waals surface area contributed by atoms with Gasteiger partial charge in [0.25, 0.3) is 5.91 Å². The number of nitrogens with one attached hydrogen (secondary N) is 1. The summed E-state index contributed by atoms with van der Waals surface area (Å²) < 4.78 is 5.57. The van der Waals surface area contributed by atoms with E-state index in [9.17, 15) is 9.90 Å². The van der Waals surface area contributed by atoms with Gasteiger partial charge in [0, 0.05) is 37.3 Å². The van der Waals surface area contributed by atoms with Crippen molar-refractivity contribution in [2.75, 3.05) is 32.1 Å². The van der Waals surface area contributed by atoms with Crippen LogP contribution in [-0.2, 0) is 5.60 Å². The predicted molar refractivity (Wildman–Crippen MR) is 93.6 cm³/mol. The number of carbonyl (C=O) groups excluding carboxylic acids is 1. The van der Waals surface area contributed by atoms with E-state index in [1.54, 1.807) is 12.1 Å². The summed E-state index contributed by atoms with van der Waals surface area (Å²) in [5.74, 6) is 0.480. The molecule has 2 aromatic rings. The highest BCUT2D eigenvalue weighted by molar-refractivity contribution is 5.94. The van der Waals surface area contributed by atoms with Crippen molar-refractivity contribution >= 4 is 11.6 Å². The third-order valence-electron chi connectivity index (χ3n) is 4.35. The lowest BCUT2D eigenvalue weighted by atomic mass is 9.88. The number of anilines is 1. The second-order valence-electron chi connectivity index (χ2n) is 6.25. The van der Waals surface area contributed by atoms with Gasteiger partial charge in [0.05, 0.1) is 13.2 Å². The number of ether oxygens (including phenoxy) is 1. The van der Waals surface area contributed by atoms with Crippen molar-refractivity contribution in [3.05, 3.63) is 59.7 Å². The minimum absolute atomic E-state index is 0.154. The summed E-state index contributed by atoms with van der Waals surface area (Å²) >= 11 is 0. The van der Waals surface area contributed by atoms with Crippen LogP contribution < -0.4 is 15.0 Å². The van der Waals surface area contributed by atoms with Gasteiger partial charge in [0.15, 0.2) is 0 Å². The summed E-state index contributed by atoms with van der Waals surface area (Å²) in [5, 5.41) is 13.8. The Bertz CT molecular complexity index is 728. The summed E-state index contributed by atoms with van der Waals surface area (Å²) in [7, 11) is 3.90. The van der Waals surface area contributed by atoms with Crippen molar-refractivity contribution in [2.24, 2.45) is 0 Å². The van der Waals surface area contributed by atoms with Gasteiger partial charge >= 0.3 is 0 Å². The van der Waals surface area contributed by atoms with Crippen molar-refractivity contribution in [1.82, 2.24) is 5.32 Å². The number of amides is 1. The maximum atomic E-state index is 12.4. The first-order chi connectivity index (χ1) is 11.5. The molecular formula is C19H22N2O3. The van der Waals surface area contributed by atoms with E-state index in [2.05, 4.69) is 5.32 Å². The Kier molecular flexibility index (Phi) is 4.44. The molecule has 1 aliphatic rings. The van der Waals surface area contributed by atoms with Crippen LogP contribution in [0.2, 0.25) is 0 Å². The Hall–Kier alpha value is -2.53. The first kappa shape index (κ1) is 16.3. The highest BCUT2D eigenvalue weighted by Gasteiger charge is 2.35. The third kappa shape index (κ3) is 3.21. The van der Waals surface area contributed by atoms with Crippen molar-refractivity contribution in [2.45, 2.75) is 12.0 Å². The van der Waals surface area contributed by atoms with Crippen molar-refractivity contribution in [3.63, 3.8) is 0 Å². The van der Waals surface area contributed by atoms with E-state index in [1.165, 1.54) is 0 Å². The predicted octanol–water partition coefficient (Wildman–Crippen LogP) is 2.15. The van der Waals surface area contributed by atoms with Gasteiger partial charge in [-0.05, 0) is 30.3 Å². The lowest BCUT2D eigenvalue weighted by Gasteiger charge is -2.34. The van der Waals surface area contributed by atoms with Gasteiger partial charge in [-0.25, -0.2) is 0 Å². The number of hydrogen-bond donors (Lipinski definition) is 2. The van der Waals surface area contributed by atoms with Crippen LogP contribution in [-0.4, -0.2) is 38.3 Å². The lowest BCUT2D eigenvalue weighted by molar-refractivity contribution is -0.00160. The summed E-state index contributed by atoms with van der Waals surface area (Å²) in [6, 6.07) is 14.8. The molecule has 0 aliphatic carbocycles. The van der Waals surface area contributed by atoms with Gasteiger partial charge in [-0.3, -0.25) is 4.79 Å². The van der Waals surface area contributed by atoms with E-state index in [0.29, 0.717) is 24.3 Å². The number of rotatable bonds is 4. The molecule has 24 heavy (non-hydrogen) atoms. The van der Waals surface area contributed by atoms with E-state index in [0.717, 1.165) is 11.3 Å². The molecule has 5 heteroatoms. The molecular weight excluding hydrogens is 304 g/mol. The first-order valence-electron chi connectivity index (χ1n) is 8.00. The molecule has 0 aromatic heterocycles. The molecule has 5 nitrogen and oxygen atoms in total. The summed E-state index contributed by atoms with van der Waals surface area (Å²) in [5.41, 5.74) is 1.22. The average Bonchev–Trinajstić information content (AvgIpc) is 2.60. The maximum Gasteiger partial charge on any atom is 0.251 e. The van der Waals surface area contributed by atoms with Gasteiger partial charge in [-0.2, -0.15) is 0 Å². The molecule has 3 rings (SSSR count). The number of carbonyl (C=O) groups is 1. The Morgan fingerprint density at radius 2 is 1.92 bits per heavy atom. The fourth-order valence-electron chi connectivity index (χ4n) is 2.86. The van der Waals surface area contributed by atoms with E-state index >= 15 is 0 Å². The minimum atomic E-state index is -1.10. The molecule has 1 amide bonds. The van der Waals surface area contributed by atoms with Crippen LogP contribution in [0.3, 0.4) is 0 Å². The Labute approximate surface area is 141 Å². The van der Waals surface area contributed by atoms with Crippen LogP contribution in [0, 0.1) is 0 Å². The van der Waals surface area contributed by atoms with Gasteiger partial charge in [0.2, 0.25) is 0 Å². The van der Waals surface area contributed by atoms with Crippen LogP contribution >= 0.6 is 0 Å². The van der Waals surface area contributed by atoms with Gasteiger partial charge in [-0.1, -0.05) is 18.2 Å². The fraction of sp³-hybridized carbons (Fsp3) is 0.316. The lowest BCUT2D eigenvalue weighted by Crippen LogP contribution is -2.43. The molecule has 0 bridgehead atoms. The molecule has 0 spiro atoms. The quantitative estimate of drug-likeness (QED) is 0.904. The smallest absolute Gasteiger partial charge is 0.251 e. The number of fused-ring (bicyclic) bond motifs is 1. The molecule has 0 fully saturated rings. The summed E-state index contributed by atoms with van der Waals surface area (Å²) in [4.78, 5) is 14.3. The normalized spacial score (nSPS) is 19.1. The van der Waals surface area contributed by atoms with Crippen molar-refractivity contribution in [1.29, 1.82) is 0 Å². The Morgan fingerprint density at radius 3 is 2.62 bits per heavy atom. The fourth-order valence-corrected chi connectivity index (χ4v) is 2.86. The van der Waals surface area contributed by atoms with Crippen LogP contribution in [0.4, 0.5) is 5.69 Å². The largest absolute Gasteiger partial charge is 0.493 e. The van der Waals surface area contributed by atoms with Crippen molar-refractivity contribution in [3.8, 4) is 5.75 Å². The van der Waals surface area contributed by atoms with Gasteiger partial charge < -0.3 is 20.1 Å². The van der Waals surface area contributed by atoms with Gasteiger partial charge in [-0.15, -0.1) is 0 Å². The van der Waals surface area contributed by atoms with Crippen LogP contribution in [0.15, 0.2) is 48.5 Å². The number of aliphatic hydroxyl groups is 1. The maximum absolute atomic E-state index is 12.4. The molecule has 0 saturated heterocycles. The second kappa shape index (κ2) is 6.53. The Balaban J connectivity index is 1.70. The molecule has 1 atom stereocenters.